The third-order valence-electron chi connectivity index (χ3n) is 6.32. The average molecular weight is 397 g/mol. The minimum atomic E-state index is 0.0185. The molecule has 2 aliphatic rings. The van der Waals surface area contributed by atoms with Crippen LogP contribution in [0, 0.1) is 11.8 Å². The van der Waals surface area contributed by atoms with Gasteiger partial charge >= 0.3 is 0 Å². The average Bonchev–Trinajstić information content (AvgIpc) is 3.24. The van der Waals surface area contributed by atoms with Crippen molar-refractivity contribution in [2.75, 3.05) is 13.1 Å². The molecule has 5 heteroatoms. The van der Waals surface area contributed by atoms with Crippen LogP contribution in [-0.2, 0) is 0 Å². The van der Waals surface area contributed by atoms with Gasteiger partial charge in [-0.25, -0.2) is 4.98 Å². The van der Waals surface area contributed by atoms with Crippen molar-refractivity contribution >= 4 is 23.0 Å². The Morgan fingerprint density at radius 1 is 1.04 bits per heavy atom. The zero-order valence-electron chi connectivity index (χ0n) is 16.5. The van der Waals surface area contributed by atoms with E-state index in [0.29, 0.717) is 17.2 Å². The molecule has 1 atom stereocenters. The van der Waals surface area contributed by atoms with Crippen LogP contribution in [0.3, 0.4) is 0 Å². The number of Topliss-reactive ketones (excluding diaryl/α,β-unsaturated/α-hetero) is 1. The topological polar surface area (TPSA) is 50.3 Å². The largest absolute Gasteiger partial charge is 0.337 e. The molecule has 0 bridgehead atoms. The normalized spacial score (nSPS) is 20.9. The molecule has 1 aromatic heterocycles. The maximum Gasteiger partial charge on any atom is 0.273 e. The van der Waals surface area contributed by atoms with Gasteiger partial charge in [0.15, 0.2) is 5.78 Å². The SMILES string of the molecule is CC(=O)c1ccccc1-c1nc(C(=O)N2CCCC(C3CCCCC3)C2)cs1. The molecule has 1 unspecified atom stereocenters. The molecule has 2 heterocycles. The lowest BCUT2D eigenvalue weighted by atomic mass is 9.76. The number of nitrogens with zero attached hydrogens (tertiary/aromatic N) is 2. The summed E-state index contributed by atoms with van der Waals surface area (Å²) >= 11 is 1.44. The Labute approximate surface area is 171 Å². The highest BCUT2D eigenvalue weighted by Gasteiger charge is 2.31. The van der Waals surface area contributed by atoms with E-state index in [9.17, 15) is 9.59 Å². The van der Waals surface area contributed by atoms with Crippen molar-refractivity contribution in [1.29, 1.82) is 0 Å². The van der Waals surface area contributed by atoms with E-state index in [-0.39, 0.29) is 11.7 Å². The first kappa shape index (κ1) is 19.3. The summed E-state index contributed by atoms with van der Waals surface area (Å²) in [6.45, 7) is 3.27. The minimum Gasteiger partial charge on any atom is -0.337 e. The summed E-state index contributed by atoms with van der Waals surface area (Å²) in [4.78, 5) is 31.6. The second-order valence-corrected chi connectivity index (χ2v) is 9.05. The van der Waals surface area contributed by atoms with Gasteiger partial charge in [0, 0.05) is 29.6 Å². The fourth-order valence-electron chi connectivity index (χ4n) is 4.82. The highest BCUT2D eigenvalue weighted by atomic mass is 32.1. The van der Waals surface area contributed by atoms with Gasteiger partial charge in [0.2, 0.25) is 0 Å². The first-order valence-electron chi connectivity index (χ1n) is 10.5. The van der Waals surface area contributed by atoms with Crippen LogP contribution in [0.2, 0.25) is 0 Å². The van der Waals surface area contributed by atoms with E-state index in [4.69, 9.17) is 0 Å². The third-order valence-corrected chi connectivity index (χ3v) is 7.20. The van der Waals surface area contributed by atoms with Crippen LogP contribution >= 0.6 is 11.3 Å². The number of likely N-dealkylation sites (tertiary alicyclic amines) is 1. The number of hydrogen-bond donors (Lipinski definition) is 0. The Morgan fingerprint density at radius 3 is 2.57 bits per heavy atom. The molecule has 4 nitrogen and oxygen atoms in total. The molecule has 2 fully saturated rings. The summed E-state index contributed by atoms with van der Waals surface area (Å²) in [5.41, 5.74) is 1.99. The number of carbonyl (C=O) groups excluding carboxylic acids is 2. The molecule has 1 amide bonds. The second-order valence-electron chi connectivity index (χ2n) is 8.19. The zero-order chi connectivity index (χ0) is 19.5. The van der Waals surface area contributed by atoms with Crippen LogP contribution in [0.25, 0.3) is 10.6 Å². The number of piperidine rings is 1. The van der Waals surface area contributed by atoms with E-state index in [1.54, 1.807) is 6.92 Å². The van der Waals surface area contributed by atoms with Gasteiger partial charge in [-0.2, -0.15) is 0 Å². The van der Waals surface area contributed by atoms with Crippen LogP contribution in [0.1, 0.15) is 72.7 Å². The lowest BCUT2D eigenvalue weighted by Gasteiger charge is -2.38. The smallest absolute Gasteiger partial charge is 0.273 e. The number of ketones is 1. The molecule has 4 rings (SSSR count). The van der Waals surface area contributed by atoms with Gasteiger partial charge in [-0.3, -0.25) is 9.59 Å². The maximum atomic E-state index is 13.1. The highest BCUT2D eigenvalue weighted by Crippen LogP contribution is 2.35. The number of amides is 1. The molecule has 0 radical (unpaired) electrons. The first-order valence-corrected chi connectivity index (χ1v) is 11.4. The number of thiazole rings is 1. The fraction of sp³-hybridized carbons (Fsp3) is 0.522. The predicted octanol–water partition coefficient (Wildman–Crippen LogP) is 5.45. The molecular formula is C23H28N2O2S. The molecule has 0 spiro atoms. The molecule has 1 aliphatic heterocycles. The Kier molecular flexibility index (Phi) is 5.90. The van der Waals surface area contributed by atoms with E-state index in [0.717, 1.165) is 36.0 Å². The van der Waals surface area contributed by atoms with Crippen LogP contribution < -0.4 is 0 Å². The third kappa shape index (κ3) is 4.04. The molecule has 1 saturated heterocycles. The minimum absolute atomic E-state index is 0.0185. The van der Waals surface area contributed by atoms with E-state index in [1.807, 2.05) is 34.5 Å². The Morgan fingerprint density at radius 2 is 1.79 bits per heavy atom. The summed E-state index contributed by atoms with van der Waals surface area (Å²) in [6.07, 6.45) is 9.07. The van der Waals surface area contributed by atoms with Gasteiger partial charge in [-0.1, -0.05) is 56.4 Å². The van der Waals surface area contributed by atoms with Crippen LogP contribution in [0.15, 0.2) is 29.6 Å². The van der Waals surface area contributed by atoms with Crippen molar-refractivity contribution in [3.8, 4) is 10.6 Å². The molecule has 1 aliphatic carbocycles. The molecule has 1 saturated carbocycles. The van der Waals surface area contributed by atoms with Gasteiger partial charge in [-0.15, -0.1) is 11.3 Å². The molecule has 0 N–H and O–H groups in total. The zero-order valence-corrected chi connectivity index (χ0v) is 17.3. The summed E-state index contributed by atoms with van der Waals surface area (Å²) in [5, 5.41) is 2.59. The van der Waals surface area contributed by atoms with E-state index in [1.165, 1.54) is 49.9 Å². The monoisotopic (exact) mass is 396 g/mol. The van der Waals surface area contributed by atoms with Gasteiger partial charge in [0.25, 0.3) is 5.91 Å². The Balaban J connectivity index is 1.49. The van der Waals surface area contributed by atoms with Crippen molar-refractivity contribution < 1.29 is 9.59 Å². The Bertz CT molecular complexity index is 854. The van der Waals surface area contributed by atoms with Gasteiger partial charge in [0.1, 0.15) is 10.7 Å². The molecule has 1 aromatic carbocycles. The summed E-state index contributed by atoms with van der Waals surface area (Å²) in [5.74, 6) is 1.50. The Hall–Kier alpha value is -2.01. The van der Waals surface area contributed by atoms with Gasteiger partial charge in [-0.05, 0) is 31.6 Å². The summed E-state index contributed by atoms with van der Waals surface area (Å²) in [6, 6.07) is 7.49. The maximum absolute atomic E-state index is 13.1. The standard InChI is InChI=1S/C23H28N2O2S/c1-16(26)19-11-5-6-12-20(19)22-24-21(15-28-22)23(27)25-13-7-10-18(14-25)17-8-3-2-4-9-17/h5-6,11-12,15,17-18H,2-4,7-10,13-14H2,1H3. The van der Waals surface area contributed by atoms with E-state index >= 15 is 0 Å². The van der Waals surface area contributed by atoms with Crippen LogP contribution in [0.5, 0.6) is 0 Å². The van der Waals surface area contributed by atoms with Gasteiger partial charge < -0.3 is 4.90 Å². The first-order chi connectivity index (χ1) is 13.6. The number of hydrogen-bond acceptors (Lipinski definition) is 4. The van der Waals surface area contributed by atoms with Crippen molar-refractivity contribution in [1.82, 2.24) is 9.88 Å². The number of aromatic nitrogens is 1. The van der Waals surface area contributed by atoms with E-state index in [2.05, 4.69) is 4.98 Å². The quantitative estimate of drug-likeness (QED) is 0.646. The van der Waals surface area contributed by atoms with Crippen molar-refractivity contribution in [3.63, 3.8) is 0 Å². The van der Waals surface area contributed by atoms with Crippen molar-refractivity contribution in [2.24, 2.45) is 11.8 Å². The molecule has 28 heavy (non-hydrogen) atoms. The lowest BCUT2D eigenvalue weighted by Crippen LogP contribution is -2.42. The second kappa shape index (κ2) is 8.56. The number of benzene rings is 1. The molecule has 148 valence electrons. The fourth-order valence-corrected chi connectivity index (χ4v) is 5.65. The van der Waals surface area contributed by atoms with E-state index < -0.39 is 0 Å². The van der Waals surface area contributed by atoms with Crippen molar-refractivity contribution in [2.45, 2.75) is 51.9 Å². The predicted molar refractivity (Wildman–Crippen MR) is 113 cm³/mol. The molecule has 2 aromatic rings. The van der Waals surface area contributed by atoms with Gasteiger partial charge in [0.05, 0.1) is 0 Å². The number of rotatable bonds is 4. The van der Waals surface area contributed by atoms with Crippen LogP contribution in [0.4, 0.5) is 0 Å². The number of carbonyl (C=O) groups is 2. The highest BCUT2D eigenvalue weighted by molar-refractivity contribution is 7.13. The summed E-state index contributed by atoms with van der Waals surface area (Å²) < 4.78 is 0. The van der Waals surface area contributed by atoms with Crippen LogP contribution in [-0.4, -0.2) is 34.7 Å². The lowest BCUT2D eigenvalue weighted by molar-refractivity contribution is 0.0595. The molecular weight excluding hydrogens is 368 g/mol. The summed E-state index contributed by atoms with van der Waals surface area (Å²) in [7, 11) is 0. The van der Waals surface area contributed by atoms with Crippen molar-refractivity contribution in [3.05, 3.63) is 40.9 Å².